The summed E-state index contributed by atoms with van der Waals surface area (Å²) < 4.78 is 26.4. The molecule has 0 radical (unpaired) electrons. The Labute approximate surface area is 265 Å². The first-order valence-electron chi connectivity index (χ1n) is 14.5. The minimum atomic E-state index is -2.02. The first-order chi connectivity index (χ1) is 21.7. The third-order valence-corrected chi connectivity index (χ3v) is 7.97. The van der Waals surface area contributed by atoms with Gasteiger partial charge in [0, 0.05) is 13.5 Å². The van der Waals surface area contributed by atoms with Gasteiger partial charge < -0.3 is 64.5 Å². The Hall–Kier alpha value is -3.70. The predicted octanol–water partition coefficient (Wildman–Crippen LogP) is 0.277. The van der Waals surface area contributed by atoms with Crippen molar-refractivity contribution in [2.75, 3.05) is 14.2 Å². The monoisotopic (exact) mass is 654 g/mol. The summed E-state index contributed by atoms with van der Waals surface area (Å²) in [6, 6.07) is 9.74. The number of carboxylic acid groups (broad SMARTS) is 2. The second-order valence-electron chi connectivity index (χ2n) is 11.4. The van der Waals surface area contributed by atoms with Crippen molar-refractivity contribution >= 4 is 11.9 Å². The molecule has 0 amide bonds. The lowest BCUT2D eigenvalue weighted by atomic mass is 9.85. The van der Waals surface area contributed by atoms with Gasteiger partial charge in [-0.2, -0.15) is 0 Å². The minimum Gasteiger partial charge on any atom is -0.504 e. The molecule has 1 aliphatic heterocycles. The van der Waals surface area contributed by atoms with Crippen LogP contribution in [0.4, 0.5) is 0 Å². The van der Waals surface area contributed by atoms with Crippen molar-refractivity contribution in [2.45, 2.75) is 82.3 Å². The second kappa shape index (κ2) is 16.2. The van der Waals surface area contributed by atoms with E-state index in [-0.39, 0.29) is 41.3 Å². The van der Waals surface area contributed by atoms with E-state index < -0.39 is 61.1 Å². The number of carboxylic acids is 2. The minimum absolute atomic E-state index is 0.0260. The molecular weight excluding hydrogens is 612 g/mol. The first kappa shape index (κ1) is 36.8. The molecule has 0 spiro atoms. The first-order valence-corrected chi connectivity index (χ1v) is 14.5. The van der Waals surface area contributed by atoms with E-state index in [9.17, 15) is 45.3 Å². The van der Waals surface area contributed by atoms with E-state index in [1.165, 1.54) is 13.2 Å². The van der Waals surface area contributed by atoms with Gasteiger partial charge in [-0.3, -0.25) is 0 Å². The molecule has 2 aromatic rings. The molecule has 1 fully saturated rings. The number of aliphatic hydroxyl groups excluding tert-OH is 5. The maximum Gasteiger partial charge on any atom is 0.335 e. The predicted molar refractivity (Wildman–Crippen MR) is 157 cm³/mol. The van der Waals surface area contributed by atoms with E-state index in [4.69, 9.17) is 24.1 Å². The molecule has 46 heavy (non-hydrogen) atoms. The summed E-state index contributed by atoms with van der Waals surface area (Å²) in [5.74, 6) is -2.76. The van der Waals surface area contributed by atoms with Crippen LogP contribution in [0.5, 0.6) is 23.0 Å². The number of aromatic hydroxyl groups is 1. The Kier molecular flexibility index (Phi) is 13.0. The second-order valence-corrected chi connectivity index (χ2v) is 11.4. The lowest BCUT2D eigenvalue weighted by molar-refractivity contribution is -0.228. The van der Waals surface area contributed by atoms with E-state index in [1.54, 1.807) is 30.3 Å². The van der Waals surface area contributed by atoms with Gasteiger partial charge in [0.1, 0.15) is 18.3 Å². The van der Waals surface area contributed by atoms with Gasteiger partial charge in [0.05, 0.1) is 13.2 Å². The van der Waals surface area contributed by atoms with Crippen LogP contribution in [0, 0.1) is 11.8 Å². The van der Waals surface area contributed by atoms with E-state index >= 15 is 0 Å². The molecule has 3 rings (SSSR count). The Morgan fingerprint density at radius 3 is 2.02 bits per heavy atom. The standard InChI is InChI=1S/C31H42O15/c1-14(9-16-5-7-18(32)21(11-16)44-23-13-19(33)24(34)28(46-23)30(39)40)15(2)10-17-6-8-20(42-3)22(12-17)45-31(41)26(36)25(35)27(43-4)29(37)38/h5-8,11-12,14-15,19,23-28,31-36,41H,9-10,13H2,1-4H3,(H,37,38)(H,39,40)/t14?,15?,19-,23-,24+,25+,26+,27+,28+,31+/m1/s1. The summed E-state index contributed by atoms with van der Waals surface area (Å²) >= 11 is 0. The summed E-state index contributed by atoms with van der Waals surface area (Å²) in [7, 11) is 2.41. The quantitative estimate of drug-likeness (QED) is 0.113. The Morgan fingerprint density at radius 1 is 0.891 bits per heavy atom. The van der Waals surface area contributed by atoms with Crippen molar-refractivity contribution in [3.8, 4) is 23.0 Å². The van der Waals surface area contributed by atoms with Gasteiger partial charge in [0.25, 0.3) is 0 Å². The van der Waals surface area contributed by atoms with Crippen LogP contribution in [0.2, 0.25) is 0 Å². The van der Waals surface area contributed by atoms with Crippen molar-refractivity contribution in [1.82, 2.24) is 0 Å². The van der Waals surface area contributed by atoms with E-state index in [1.807, 2.05) is 13.8 Å². The van der Waals surface area contributed by atoms with Crippen molar-refractivity contribution < 1.29 is 74.1 Å². The average molecular weight is 655 g/mol. The van der Waals surface area contributed by atoms with Crippen molar-refractivity contribution in [1.29, 1.82) is 0 Å². The SMILES string of the molecule is COc1ccc(CC(C)C(C)Cc2ccc(O)c(O[C@H]3C[C@@H](O)[C@H](O)[C@@H](C(=O)O)O3)c2)cc1O[C@H](O)[C@@H](O)[C@H](O)[C@H](OC)C(=O)O. The molecule has 2 unspecified atom stereocenters. The highest BCUT2D eigenvalue weighted by atomic mass is 16.7. The maximum absolute atomic E-state index is 11.4. The zero-order chi connectivity index (χ0) is 34.3. The Balaban J connectivity index is 1.67. The number of carbonyl (C=O) groups is 2. The van der Waals surface area contributed by atoms with Gasteiger partial charge in [-0.25, -0.2) is 9.59 Å². The Morgan fingerprint density at radius 2 is 1.48 bits per heavy atom. The number of aliphatic hydroxyl groups is 5. The summed E-state index contributed by atoms with van der Waals surface area (Å²) in [4.78, 5) is 22.6. The Bertz CT molecular complexity index is 1320. The number of phenolic OH excluding ortho intramolecular Hbond substituents is 1. The number of rotatable bonds is 16. The smallest absolute Gasteiger partial charge is 0.335 e. The molecule has 15 nitrogen and oxygen atoms in total. The molecule has 1 aliphatic rings. The normalized spacial score (nSPS) is 23.8. The van der Waals surface area contributed by atoms with Crippen LogP contribution in [-0.4, -0.2) is 116 Å². The van der Waals surface area contributed by atoms with Gasteiger partial charge >= 0.3 is 11.9 Å². The average Bonchev–Trinajstić information content (AvgIpc) is 3.00. The zero-order valence-corrected chi connectivity index (χ0v) is 25.8. The lowest BCUT2D eigenvalue weighted by Crippen LogP contribution is -2.53. The molecule has 1 heterocycles. The van der Waals surface area contributed by atoms with Crippen LogP contribution in [0.3, 0.4) is 0 Å². The molecule has 256 valence electrons. The summed E-state index contributed by atoms with van der Waals surface area (Å²) in [6.45, 7) is 4.04. The fourth-order valence-corrected chi connectivity index (χ4v) is 5.06. The van der Waals surface area contributed by atoms with Crippen LogP contribution in [0.15, 0.2) is 36.4 Å². The van der Waals surface area contributed by atoms with E-state index in [0.29, 0.717) is 12.8 Å². The van der Waals surface area contributed by atoms with Crippen LogP contribution in [0.1, 0.15) is 31.4 Å². The number of aliphatic carboxylic acids is 2. The van der Waals surface area contributed by atoms with Gasteiger partial charge in [-0.1, -0.05) is 26.0 Å². The molecule has 0 aliphatic carbocycles. The van der Waals surface area contributed by atoms with Gasteiger partial charge in [-0.05, 0) is 60.1 Å². The fourth-order valence-electron chi connectivity index (χ4n) is 5.06. The summed E-state index contributed by atoms with van der Waals surface area (Å²) in [6.07, 6.45) is -12.9. The highest BCUT2D eigenvalue weighted by Crippen LogP contribution is 2.34. The highest BCUT2D eigenvalue weighted by molar-refractivity contribution is 5.73. The third kappa shape index (κ3) is 9.19. The maximum atomic E-state index is 11.4. The molecule has 8 N–H and O–H groups in total. The van der Waals surface area contributed by atoms with Gasteiger partial charge in [0.2, 0.25) is 12.6 Å². The molecule has 0 aromatic heterocycles. The van der Waals surface area contributed by atoms with Crippen LogP contribution >= 0.6 is 0 Å². The van der Waals surface area contributed by atoms with Crippen molar-refractivity contribution in [3.05, 3.63) is 47.5 Å². The zero-order valence-electron chi connectivity index (χ0n) is 25.8. The number of phenols is 1. The molecule has 1 saturated heterocycles. The fraction of sp³-hybridized carbons (Fsp3) is 0.548. The molecule has 0 bridgehead atoms. The molecular formula is C31H42O15. The van der Waals surface area contributed by atoms with Crippen molar-refractivity contribution in [2.24, 2.45) is 11.8 Å². The van der Waals surface area contributed by atoms with Crippen LogP contribution in [-0.2, 0) is 31.9 Å². The summed E-state index contributed by atoms with van der Waals surface area (Å²) in [5, 5.41) is 79.5. The van der Waals surface area contributed by atoms with Crippen molar-refractivity contribution in [3.63, 3.8) is 0 Å². The topological polar surface area (TPSA) is 242 Å². The van der Waals surface area contributed by atoms with Crippen LogP contribution < -0.4 is 14.2 Å². The largest absolute Gasteiger partial charge is 0.504 e. The molecule has 10 atom stereocenters. The van der Waals surface area contributed by atoms with E-state index in [0.717, 1.165) is 18.2 Å². The van der Waals surface area contributed by atoms with E-state index in [2.05, 4.69) is 4.74 Å². The van der Waals surface area contributed by atoms with Gasteiger partial charge in [-0.15, -0.1) is 0 Å². The molecule has 2 aromatic carbocycles. The lowest BCUT2D eigenvalue weighted by Gasteiger charge is -2.34. The number of hydrogen-bond donors (Lipinski definition) is 8. The molecule has 0 saturated carbocycles. The number of methoxy groups -OCH3 is 2. The number of ether oxygens (including phenoxy) is 5. The number of benzene rings is 2. The summed E-state index contributed by atoms with van der Waals surface area (Å²) in [5.41, 5.74) is 1.58. The van der Waals surface area contributed by atoms with Crippen LogP contribution in [0.25, 0.3) is 0 Å². The highest BCUT2D eigenvalue weighted by Gasteiger charge is 2.42. The molecule has 15 heteroatoms. The van der Waals surface area contributed by atoms with Gasteiger partial charge in [0.15, 0.2) is 35.2 Å². The number of hydrogen-bond acceptors (Lipinski definition) is 13. The third-order valence-electron chi connectivity index (χ3n) is 7.97.